The van der Waals surface area contributed by atoms with Gasteiger partial charge >= 0.3 is 10.2 Å². The number of nitrogens with zero attached hydrogens (tertiary/aromatic N) is 1. The van der Waals surface area contributed by atoms with E-state index in [1.54, 1.807) is 24.3 Å². The molecule has 0 saturated carbocycles. The average molecular weight is 558 g/mol. The van der Waals surface area contributed by atoms with E-state index in [9.17, 15) is 27.6 Å². The van der Waals surface area contributed by atoms with Gasteiger partial charge < -0.3 is 16.0 Å². The van der Waals surface area contributed by atoms with Crippen molar-refractivity contribution in [1.29, 1.82) is 0 Å². The first kappa shape index (κ1) is 29.6. The molecule has 1 fully saturated rings. The fourth-order valence-electron chi connectivity index (χ4n) is 4.21. The summed E-state index contributed by atoms with van der Waals surface area (Å²) >= 11 is 0. The fourth-order valence-corrected chi connectivity index (χ4v) is 5.36. The molecule has 39 heavy (non-hydrogen) atoms. The van der Waals surface area contributed by atoms with Crippen LogP contribution in [0.2, 0.25) is 0 Å². The maximum atomic E-state index is 13.3. The van der Waals surface area contributed by atoms with Gasteiger partial charge in [-0.25, -0.2) is 9.03 Å². The van der Waals surface area contributed by atoms with Crippen molar-refractivity contribution in [2.75, 3.05) is 17.4 Å². The van der Waals surface area contributed by atoms with Crippen LogP contribution < -0.4 is 25.0 Å². The Hall–Kier alpha value is -3.93. The molecule has 210 valence electrons. The maximum absolute atomic E-state index is 13.3. The van der Waals surface area contributed by atoms with Gasteiger partial charge in [0, 0.05) is 26.3 Å². The van der Waals surface area contributed by atoms with Gasteiger partial charge in [-0.15, -0.1) is 0 Å². The van der Waals surface area contributed by atoms with Crippen molar-refractivity contribution in [3.63, 3.8) is 0 Å². The Kier molecular flexibility index (Phi) is 10.4. The quantitative estimate of drug-likeness (QED) is 0.269. The molecule has 1 aliphatic rings. The number of hydrogen-bond donors (Lipinski definition) is 4. The molecule has 12 heteroatoms. The largest absolute Gasteiger partial charge is 0.354 e. The van der Waals surface area contributed by atoms with Gasteiger partial charge in [-0.3, -0.25) is 19.2 Å². The van der Waals surface area contributed by atoms with E-state index in [1.807, 2.05) is 35.1 Å². The molecule has 11 nitrogen and oxygen atoms in total. The second-order valence-corrected chi connectivity index (χ2v) is 11.0. The molecule has 2 atom stereocenters. The van der Waals surface area contributed by atoms with Gasteiger partial charge in [0.15, 0.2) is 0 Å². The lowest BCUT2D eigenvalue weighted by Crippen LogP contribution is -2.55. The smallest absolute Gasteiger partial charge is 0.326 e. The van der Waals surface area contributed by atoms with Crippen LogP contribution in [0.4, 0.5) is 5.69 Å². The fraction of sp³-hybridized carbons (Fsp3) is 0.407. The highest BCUT2D eigenvalue weighted by Crippen LogP contribution is 2.21. The minimum atomic E-state index is -3.94. The summed E-state index contributed by atoms with van der Waals surface area (Å²) in [6.07, 6.45) is 3.14. The Balaban J connectivity index is 1.76. The Morgan fingerprint density at radius 1 is 0.897 bits per heavy atom. The van der Waals surface area contributed by atoms with Crippen LogP contribution in [-0.4, -0.2) is 57.2 Å². The molecular formula is C27H35N5O6S. The van der Waals surface area contributed by atoms with Crippen molar-refractivity contribution in [3.05, 3.63) is 65.7 Å². The number of carbonyl (C=O) groups excluding carboxylic acids is 4. The zero-order valence-corrected chi connectivity index (χ0v) is 22.9. The predicted molar refractivity (Wildman–Crippen MR) is 147 cm³/mol. The number of carbonyl (C=O) groups is 4. The third-order valence-electron chi connectivity index (χ3n) is 6.17. The first-order chi connectivity index (χ1) is 18.6. The van der Waals surface area contributed by atoms with Crippen molar-refractivity contribution >= 4 is 39.5 Å². The van der Waals surface area contributed by atoms with E-state index in [2.05, 4.69) is 22.9 Å². The first-order valence-electron chi connectivity index (χ1n) is 12.9. The van der Waals surface area contributed by atoms with Gasteiger partial charge in [-0.2, -0.15) is 8.42 Å². The van der Waals surface area contributed by atoms with Crippen molar-refractivity contribution in [2.24, 2.45) is 0 Å². The standard InChI is InChI=1S/C27H35N5O6S/c1-3-4-8-15-28-26(35)23(30-27(36)24(29-19(2)33)16-20-9-6-5-7-10-20)17-21-11-13-22(14-12-21)32-18-25(34)31-39(32,37)38/h5-7,9-14,23-24H,3-4,8,15-18H2,1-2H3,(H,28,35)(H,29,33)(H,30,36)(H,31,34). The minimum Gasteiger partial charge on any atom is -0.354 e. The number of amides is 4. The third-order valence-corrected chi connectivity index (χ3v) is 7.58. The van der Waals surface area contributed by atoms with Crippen LogP contribution in [0, 0.1) is 0 Å². The van der Waals surface area contributed by atoms with Gasteiger partial charge in [0.1, 0.15) is 18.6 Å². The summed E-state index contributed by atoms with van der Waals surface area (Å²) in [6.45, 7) is 3.54. The highest BCUT2D eigenvalue weighted by molar-refractivity contribution is 7.92. The Labute approximate surface area is 228 Å². The highest BCUT2D eigenvalue weighted by Gasteiger charge is 2.34. The topological polar surface area (TPSA) is 154 Å². The number of rotatable bonds is 13. The van der Waals surface area contributed by atoms with E-state index >= 15 is 0 Å². The number of benzene rings is 2. The lowest BCUT2D eigenvalue weighted by atomic mass is 10.0. The average Bonchev–Trinajstić information content (AvgIpc) is 3.18. The van der Waals surface area contributed by atoms with Crippen molar-refractivity contribution in [1.82, 2.24) is 20.7 Å². The van der Waals surface area contributed by atoms with Gasteiger partial charge in [-0.05, 0) is 29.7 Å². The van der Waals surface area contributed by atoms with Crippen LogP contribution in [0.25, 0.3) is 0 Å². The number of unbranched alkanes of at least 4 members (excludes halogenated alkanes) is 2. The van der Waals surface area contributed by atoms with E-state index in [1.165, 1.54) is 6.92 Å². The second-order valence-electron chi connectivity index (χ2n) is 9.41. The third kappa shape index (κ3) is 8.81. The number of nitrogens with one attached hydrogen (secondary N) is 4. The van der Waals surface area contributed by atoms with Gasteiger partial charge in [0.2, 0.25) is 17.7 Å². The van der Waals surface area contributed by atoms with E-state index < -0.39 is 34.1 Å². The van der Waals surface area contributed by atoms with Crippen molar-refractivity contribution in [2.45, 2.75) is 58.0 Å². The first-order valence-corrected chi connectivity index (χ1v) is 14.3. The van der Waals surface area contributed by atoms with Crippen LogP contribution in [-0.2, 0) is 42.2 Å². The predicted octanol–water partition coefficient (Wildman–Crippen LogP) is 0.949. The highest BCUT2D eigenvalue weighted by atomic mass is 32.2. The van der Waals surface area contributed by atoms with E-state index in [-0.39, 0.29) is 31.2 Å². The molecule has 1 aliphatic heterocycles. The Bertz CT molecular complexity index is 1270. The van der Waals surface area contributed by atoms with Crippen LogP contribution in [0.3, 0.4) is 0 Å². The number of hydrogen-bond acceptors (Lipinski definition) is 6. The van der Waals surface area contributed by atoms with Gasteiger partial charge in [-0.1, -0.05) is 62.2 Å². The molecule has 2 aromatic carbocycles. The molecule has 1 saturated heterocycles. The summed E-state index contributed by atoms with van der Waals surface area (Å²) < 4.78 is 27.1. The summed E-state index contributed by atoms with van der Waals surface area (Å²) in [4.78, 5) is 49.8. The maximum Gasteiger partial charge on any atom is 0.326 e. The van der Waals surface area contributed by atoms with E-state index in [0.717, 1.165) is 29.1 Å². The lowest BCUT2D eigenvalue weighted by Gasteiger charge is -2.23. The lowest BCUT2D eigenvalue weighted by molar-refractivity contribution is -0.131. The number of anilines is 1. The normalized spacial score (nSPS) is 15.6. The molecule has 2 unspecified atom stereocenters. The van der Waals surface area contributed by atoms with Crippen LogP contribution in [0.1, 0.15) is 44.2 Å². The molecule has 1 heterocycles. The molecule has 2 aromatic rings. The summed E-state index contributed by atoms with van der Waals surface area (Å²) in [5.41, 5.74) is 1.82. The molecule has 0 spiro atoms. The molecule has 0 bridgehead atoms. The van der Waals surface area contributed by atoms with Crippen LogP contribution >= 0.6 is 0 Å². The summed E-state index contributed by atoms with van der Waals surface area (Å²) in [7, 11) is -3.94. The van der Waals surface area contributed by atoms with E-state index in [0.29, 0.717) is 17.8 Å². The molecular weight excluding hydrogens is 522 g/mol. The molecule has 3 rings (SSSR count). The summed E-state index contributed by atoms with van der Waals surface area (Å²) in [6, 6.07) is 13.8. The van der Waals surface area contributed by atoms with Crippen molar-refractivity contribution in [3.8, 4) is 0 Å². The van der Waals surface area contributed by atoms with Gasteiger partial charge in [0.05, 0.1) is 5.69 Å². The zero-order chi connectivity index (χ0) is 28.4. The van der Waals surface area contributed by atoms with Gasteiger partial charge in [0.25, 0.3) is 5.91 Å². The van der Waals surface area contributed by atoms with Crippen molar-refractivity contribution < 1.29 is 27.6 Å². The van der Waals surface area contributed by atoms with E-state index in [4.69, 9.17) is 0 Å². The van der Waals surface area contributed by atoms with Crippen LogP contribution in [0.15, 0.2) is 54.6 Å². The molecule has 4 amide bonds. The monoisotopic (exact) mass is 557 g/mol. The SMILES string of the molecule is CCCCCNC(=O)C(Cc1ccc(N2CC(=O)NS2(=O)=O)cc1)NC(=O)C(Cc1ccccc1)NC(C)=O. The molecule has 4 N–H and O–H groups in total. The summed E-state index contributed by atoms with van der Waals surface area (Å²) in [5, 5.41) is 8.33. The van der Waals surface area contributed by atoms with Crippen LogP contribution in [0.5, 0.6) is 0 Å². The Morgan fingerprint density at radius 3 is 2.08 bits per heavy atom. The molecule has 0 radical (unpaired) electrons. The molecule has 0 aromatic heterocycles. The zero-order valence-electron chi connectivity index (χ0n) is 22.1. The Morgan fingerprint density at radius 2 is 1.51 bits per heavy atom. The minimum absolute atomic E-state index is 0.133. The second kappa shape index (κ2) is 13.7. The molecule has 0 aliphatic carbocycles. The summed E-state index contributed by atoms with van der Waals surface area (Å²) in [5.74, 6) is -1.84.